The Morgan fingerprint density at radius 1 is 0.951 bits per heavy atom. The molecule has 0 aliphatic carbocycles. The number of para-hydroxylation sites is 1. The van der Waals surface area contributed by atoms with Gasteiger partial charge in [0.1, 0.15) is 6.10 Å². The van der Waals surface area contributed by atoms with Crippen LogP contribution in [0.15, 0.2) is 54.6 Å². The molecule has 1 unspecified atom stereocenters. The quantitative estimate of drug-likeness (QED) is 0.295. The minimum atomic E-state index is -4.38. The predicted molar refractivity (Wildman–Crippen MR) is 143 cm³/mol. The first-order valence-electron chi connectivity index (χ1n) is 13.4. The van der Waals surface area contributed by atoms with Crippen molar-refractivity contribution < 1.29 is 26.7 Å². The second-order valence-electron chi connectivity index (χ2n) is 10.1. The van der Waals surface area contributed by atoms with E-state index in [0.717, 1.165) is 12.1 Å². The van der Waals surface area contributed by atoms with E-state index in [2.05, 4.69) is 20.6 Å². The van der Waals surface area contributed by atoms with Crippen LogP contribution >= 0.6 is 0 Å². The molecule has 0 bridgehead atoms. The molecule has 2 fully saturated rings. The molecule has 216 valence electrons. The van der Waals surface area contributed by atoms with Crippen molar-refractivity contribution in [3.05, 3.63) is 71.7 Å². The maximum absolute atomic E-state index is 14.2. The Hall–Kier alpha value is -3.84. The fourth-order valence-electron chi connectivity index (χ4n) is 5.26. The SMILES string of the molecule is FC(F)c1cc2ccccc2n1-c1nc(C2CNCCO2)nc(N2CCC(Nc3ccc(C(F)(F)F)cc3)CC2)n1. The predicted octanol–water partition coefficient (Wildman–Crippen LogP) is 5.51. The number of fused-ring (bicyclic) bond motifs is 1. The van der Waals surface area contributed by atoms with Crippen molar-refractivity contribution in [3.63, 3.8) is 0 Å². The number of ether oxygens (including phenoxy) is 1. The lowest BCUT2D eigenvalue weighted by molar-refractivity contribution is -0.137. The zero-order chi connectivity index (χ0) is 28.6. The van der Waals surface area contributed by atoms with Crippen molar-refractivity contribution in [2.75, 3.05) is 43.0 Å². The highest BCUT2D eigenvalue weighted by atomic mass is 19.4. The molecule has 2 N–H and O–H groups in total. The molecule has 0 spiro atoms. The van der Waals surface area contributed by atoms with Gasteiger partial charge in [0.05, 0.1) is 23.4 Å². The van der Waals surface area contributed by atoms with Crippen LogP contribution in [0.25, 0.3) is 16.9 Å². The van der Waals surface area contributed by atoms with Crippen LogP contribution in [-0.2, 0) is 10.9 Å². The fraction of sp³-hybridized carbons (Fsp3) is 0.393. The van der Waals surface area contributed by atoms with E-state index in [9.17, 15) is 22.0 Å². The molecule has 0 saturated carbocycles. The second kappa shape index (κ2) is 11.2. The van der Waals surface area contributed by atoms with Crippen LogP contribution in [0.4, 0.5) is 33.6 Å². The van der Waals surface area contributed by atoms with Gasteiger partial charge >= 0.3 is 6.18 Å². The van der Waals surface area contributed by atoms with Gasteiger partial charge in [0, 0.05) is 43.3 Å². The Morgan fingerprint density at radius 2 is 1.68 bits per heavy atom. The van der Waals surface area contributed by atoms with Crippen LogP contribution in [-0.4, -0.2) is 58.3 Å². The maximum Gasteiger partial charge on any atom is 0.416 e. The summed E-state index contributed by atoms with van der Waals surface area (Å²) in [6, 6.07) is 13.5. The Morgan fingerprint density at radius 3 is 2.37 bits per heavy atom. The van der Waals surface area contributed by atoms with Gasteiger partial charge in [-0.2, -0.15) is 28.1 Å². The number of morpholine rings is 1. The molecular weight excluding hydrogens is 545 g/mol. The van der Waals surface area contributed by atoms with Gasteiger partial charge in [-0.15, -0.1) is 0 Å². The molecule has 2 aliphatic rings. The van der Waals surface area contributed by atoms with Crippen LogP contribution < -0.4 is 15.5 Å². The van der Waals surface area contributed by atoms with E-state index in [1.807, 2.05) is 4.90 Å². The number of halogens is 5. The number of nitrogens with one attached hydrogen (secondary N) is 2. The molecule has 0 radical (unpaired) electrons. The first-order chi connectivity index (χ1) is 19.8. The number of piperidine rings is 1. The summed E-state index contributed by atoms with van der Waals surface area (Å²) in [6.07, 6.45) is -6.24. The molecule has 2 saturated heterocycles. The molecule has 13 heteroatoms. The van der Waals surface area contributed by atoms with Gasteiger partial charge in [0.25, 0.3) is 6.43 Å². The Bertz CT molecular complexity index is 1490. The van der Waals surface area contributed by atoms with Gasteiger partial charge in [-0.1, -0.05) is 18.2 Å². The first-order valence-corrected chi connectivity index (χ1v) is 13.4. The number of aromatic nitrogens is 4. The first kappa shape index (κ1) is 27.3. The minimum Gasteiger partial charge on any atom is -0.382 e. The van der Waals surface area contributed by atoms with Crippen LogP contribution in [0.2, 0.25) is 0 Å². The van der Waals surface area contributed by atoms with E-state index in [1.54, 1.807) is 24.3 Å². The van der Waals surface area contributed by atoms with E-state index in [4.69, 9.17) is 9.72 Å². The Labute approximate surface area is 232 Å². The third kappa shape index (κ3) is 5.82. The highest BCUT2D eigenvalue weighted by Crippen LogP contribution is 2.32. The van der Waals surface area contributed by atoms with E-state index >= 15 is 0 Å². The lowest BCUT2D eigenvalue weighted by Crippen LogP contribution is -2.40. The average molecular weight is 574 g/mol. The molecule has 0 amide bonds. The normalized spacial score (nSPS) is 18.8. The molecule has 6 rings (SSSR count). The second-order valence-corrected chi connectivity index (χ2v) is 10.1. The van der Waals surface area contributed by atoms with Gasteiger partial charge in [-0.25, -0.2) is 8.78 Å². The lowest BCUT2D eigenvalue weighted by Gasteiger charge is -2.33. The smallest absolute Gasteiger partial charge is 0.382 e. The summed E-state index contributed by atoms with van der Waals surface area (Å²) in [5, 5.41) is 7.21. The Balaban J connectivity index is 1.27. The maximum atomic E-state index is 14.2. The molecule has 4 heterocycles. The monoisotopic (exact) mass is 573 g/mol. The molecule has 8 nitrogen and oxygen atoms in total. The molecule has 2 aromatic carbocycles. The van der Waals surface area contributed by atoms with E-state index in [-0.39, 0.29) is 17.7 Å². The third-order valence-corrected chi connectivity index (χ3v) is 7.37. The van der Waals surface area contributed by atoms with Gasteiger partial charge in [0.2, 0.25) is 11.9 Å². The molecule has 2 aromatic heterocycles. The number of nitrogens with zero attached hydrogens (tertiary/aromatic N) is 5. The number of alkyl halides is 5. The molecule has 1 atom stereocenters. The molecular formula is C28H28F5N7O. The number of hydrogen-bond donors (Lipinski definition) is 2. The summed E-state index contributed by atoms with van der Waals surface area (Å²) >= 11 is 0. The van der Waals surface area contributed by atoms with Crippen LogP contribution in [0.5, 0.6) is 0 Å². The topological polar surface area (TPSA) is 80.1 Å². The number of rotatable bonds is 6. The third-order valence-electron chi connectivity index (χ3n) is 7.37. The summed E-state index contributed by atoms with van der Waals surface area (Å²) < 4.78 is 74.3. The average Bonchev–Trinajstić information content (AvgIpc) is 3.38. The number of benzene rings is 2. The van der Waals surface area contributed by atoms with Crippen LogP contribution in [0.3, 0.4) is 0 Å². The lowest BCUT2D eigenvalue weighted by atomic mass is 10.0. The summed E-state index contributed by atoms with van der Waals surface area (Å²) in [7, 11) is 0. The molecule has 41 heavy (non-hydrogen) atoms. The van der Waals surface area contributed by atoms with Crippen LogP contribution in [0.1, 0.15) is 42.5 Å². The minimum absolute atomic E-state index is 0.0356. The summed E-state index contributed by atoms with van der Waals surface area (Å²) in [6.45, 7) is 2.75. The van der Waals surface area contributed by atoms with Crippen molar-refractivity contribution in [1.29, 1.82) is 0 Å². The largest absolute Gasteiger partial charge is 0.416 e. The van der Waals surface area contributed by atoms with Gasteiger partial charge in [-0.3, -0.25) is 4.57 Å². The van der Waals surface area contributed by atoms with Crippen molar-refractivity contribution in [2.45, 2.75) is 37.6 Å². The van der Waals surface area contributed by atoms with Crippen LogP contribution in [0, 0.1) is 0 Å². The fourth-order valence-corrected chi connectivity index (χ4v) is 5.26. The van der Waals surface area contributed by atoms with Crippen molar-refractivity contribution in [2.24, 2.45) is 0 Å². The van der Waals surface area contributed by atoms with Gasteiger partial charge < -0.3 is 20.3 Å². The highest BCUT2D eigenvalue weighted by molar-refractivity contribution is 5.82. The zero-order valence-electron chi connectivity index (χ0n) is 21.9. The van der Waals surface area contributed by atoms with Crippen molar-refractivity contribution in [3.8, 4) is 5.95 Å². The Kier molecular flexibility index (Phi) is 7.47. The van der Waals surface area contributed by atoms with Gasteiger partial charge in [0.15, 0.2) is 5.82 Å². The summed E-state index contributed by atoms with van der Waals surface area (Å²) in [5.41, 5.74) is 0.272. The van der Waals surface area contributed by atoms with E-state index in [1.165, 1.54) is 22.8 Å². The number of hydrogen-bond acceptors (Lipinski definition) is 7. The molecule has 4 aromatic rings. The van der Waals surface area contributed by atoms with Crippen molar-refractivity contribution >= 4 is 22.5 Å². The number of anilines is 2. The van der Waals surface area contributed by atoms with E-state index in [0.29, 0.717) is 74.0 Å². The van der Waals surface area contributed by atoms with E-state index < -0.39 is 24.3 Å². The summed E-state index contributed by atoms with van der Waals surface area (Å²) in [4.78, 5) is 15.9. The van der Waals surface area contributed by atoms with Gasteiger partial charge in [-0.05, 0) is 49.2 Å². The molecule has 2 aliphatic heterocycles. The summed E-state index contributed by atoms with van der Waals surface area (Å²) in [5.74, 6) is 0.825. The standard InChI is InChI=1S/C28H28F5N7O/c29-24(30)22-15-17-3-1-2-4-21(17)40(22)27-37-25(23-16-34-11-14-41-23)36-26(38-27)39-12-9-20(10-13-39)35-19-7-5-18(6-8-19)28(31,32)33/h1-8,15,20,23-24,34-35H,9-14,16H2. The zero-order valence-corrected chi connectivity index (χ0v) is 21.9. The van der Waals surface area contributed by atoms with Crippen molar-refractivity contribution in [1.82, 2.24) is 24.8 Å². The highest BCUT2D eigenvalue weighted by Gasteiger charge is 2.31.